The number of nitrogens with one attached hydrogen (secondary N) is 1. The Hall–Kier alpha value is -1.10. The minimum absolute atomic E-state index is 0.0241. The summed E-state index contributed by atoms with van der Waals surface area (Å²) in [5.41, 5.74) is 0. The first kappa shape index (κ1) is 14.0. The number of hydrogen-bond acceptors (Lipinski definition) is 3. The standard InChI is InChI=1S/C12H22N2O3/c1-8(2)13-12(17)9(3)14-5-4-10(7-14)6-11(15)16/h8-10H,4-7H2,1-3H3,(H,13,17)(H,15,16). The number of rotatable bonds is 5. The molecule has 0 aromatic rings. The fourth-order valence-electron chi connectivity index (χ4n) is 2.20. The lowest BCUT2D eigenvalue weighted by molar-refractivity contribution is -0.138. The molecule has 1 heterocycles. The summed E-state index contributed by atoms with van der Waals surface area (Å²) in [6, 6.07) is -0.0291. The van der Waals surface area contributed by atoms with Crippen molar-refractivity contribution in [2.45, 2.75) is 45.7 Å². The van der Waals surface area contributed by atoms with Crippen molar-refractivity contribution in [1.82, 2.24) is 10.2 Å². The molecule has 0 radical (unpaired) electrons. The number of hydrogen-bond donors (Lipinski definition) is 2. The van der Waals surface area contributed by atoms with Gasteiger partial charge >= 0.3 is 5.97 Å². The zero-order valence-electron chi connectivity index (χ0n) is 10.8. The van der Waals surface area contributed by atoms with E-state index in [4.69, 9.17) is 5.11 Å². The van der Waals surface area contributed by atoms with E-state index in [0.717, 1.165) is 13.0 Å². The summed E-state index contributed by atoms with van der Waals surface area (Å²) in [5, 5.41) is 11.6. The maximum atomic E-state index is 11.8. The Balaban J connectivity index is 2.42. The van der Waals surface area contributed by atoms with Gasteiger partial charge in [-0.1, -0.05) is 0 Å². The van der Waals surface area contributed by atoms with Crippen LogP contribution in [0.3, 0.4) is 0 Å². The first-order valence-electron chi connectivity index (χ1n) is 6.16. The van der Waals surface area contributed by atoms with Crippen LogP contribution in [-0.4, -0.2) is 47.1 Å². The predicted octanol–water partition coefficient (Wildman–Crippen LogP) is 0.696. The van der Waals surface area contributed by atoms with E-state index in [9.17, 15) is 9.59 Å². The summed E-state index contributed by atoms with van der Waals surface area (Å²) in [7, 11) is 0. The molecule has 1 aliphatic heterocycles. The maximum absolute atomic E-state index is 11.8. The van der Waals surface area contributed by atoms with Crippen molar-refractivity contribution in [1.29, 1.82) is 0 Å². The van der Waals surface area contributed by atoms with Crippen LogP contribution >= 0.6 is 0 Å². The third-order valence-electron chi connectivity index (χ3n) is 3.14. The summed E-state index contributed by atoms with van der Waals surface area (Å²) in [4.78, 5) is 24.5. The fourth-order valence-corrected chi connectivity index (χ4v) is 2.20. The molecule has 98 valence electrons. The van der Waals surface area contributed by atoms with Crippen molar-refractivity contribution in [3.8, 4) is 0 Å². The van der Waals surface area contributed by atoms with Gasteiger partial charge in [0.05, 0.1) is 6.04 Å². The lowest BCUT2D eigenvalue weighted by Gasteiger charge is -2.24. The van der Waals surface area contributed by atoms with Crippen LogP contribution in [0.2, 0.25) is 0 Å². The Labute approximate surface area is 102 Å². The lowest BCUT2D eigenvalue weighted by atomic mass is 10.1. The first-order chi connectivity index (χ1) is 7.90. The molecule has 1 aliphatic rings. The van der Waals surface area contributed by atoms with E-state index >= 15 is 0 Å². The molecule has 1 amide bonds. The second-order valence-corrected chi connectivity index (χ2v) is 5.09. The predicted molar refractivity (Wildman–Crippen MR) is 64.7 cm³/mol. The zero-order valence-corrected chi connectivity index (χ0v) is 10.8. The molecule has 5 nitrogen and oxygen atoms in total. The molecule has 0 aromatic heterocycles. The summed E-state index contributed by atoms with van der Waals surface area (Å²) in [6.45, 7) is 7.26. The smallest absolute Gasteiger partial charge is 0.303 e. The molecule has 1 saturated heterocycles. The van der Waals surface area contributed by atoms with Gasteiger partial charge in [-0.05, 0) is 39.7 Å². The Morgan fingerprint density at radius 1 is 1.41 bits per heavy atom. The number of carbonyl (C=O) groups is 2. The normalized spacial score (nSPS) is 22.7. The largest absolute Gasteiger partial charge is 0.481 e. The number of carbonyl (C=O) groups excluding carboxylic acids is 1. The van der Waals surface area contributed by atoms with Crippen LogP contribution in [0.1, 0.15) is 33.6 Å². The third kappa shape index (κ3) is 4.34. The molecule has 2 unspecified atom stereocenters. The SMILES string of the molecule is CC(C)NC(=O)C(C)N1CCC(CC(=O)O)C1. The van der Waals surface area contributed by atoms with E-state index in [1.165, 1.54) is 0 Å². The summed E-state index contributed by atoms with van der Waals surface area (Å²) in [6.07, 6.45) is 1.07. The van der Waals surface area contributed by atoms with Gasteiger partial charge in [-0.15, -0.1) is 0 Å². The summed E-state index contributed by atoms with van der Waals surface area (Å²) in [5.74, 6) is -0.547. The topological polar surface area (TPSA) is 69.6 Å². The minimum atomic E-state index is -0.754. The summed E-state index contributed by atoms with van der Waals surface area (Å²) >= 11 is 0. The number of carboxylic acids is 1. The fraction of sp³-hybridized carbons (Fsp3) is 0.833. The second kappa shape index (κ2) is 6.00. The lowest BCUT2D eigenvalue weighted by Crippen LogP contribution is -2.46. The van der Waals surface area contributed by atoms with Gasteiger partial charge in [0, 0.05) is 19.0 Å². The number of carboxylic acid groups (broad SMARTS) is 1. The van der Waals surface area contributed by atoms with Crippen molar-refractivity contribution in [3.63, 3.8) is 0 Å². The van der Waals surface area contributed by atoms with Gasteiger partial charge in [0.25, 0.3) is 0 Å². The number of likely N-dealkylation sites (tertiary alicyclic amines) is 1. The number of amides is 1. The molecule has 0 spiro atoms. The van der Waals surface area contributed by atoms with E-state index in [2.05, 4.69) is 10.2 Å². The minimum Gasteiger partial charge on any atom is -0.481 e. The quantitative estimate of drug-likeness (QED) is 0.744. The van der Waals surface area contributed by atoms with Crippen molar-refractivity contribution in [3.05, 3.63) is 0 Å². The van der Waals surface area contributed by atoms with Crippen LogP contribution in [0.25, 0.3) is 0 Å². The van der Waals surface area contributed by atoms with Crippen LogP contribution in [0, 0.1) is 5.92 Å². The van der Waals surface area contributed by atoms with Gasteiger partial charge in [0.1, 0.15) is 0 Å². The van der Waals surface area contributed by atoms with Gasteiger partial charge in [-0.25, -0.2) is 0 Å². The molecular weight excluding hydrogens is 220 g/mol. The van der Waals surface area contributed by atoms with E-state index in [-0.39, 0.29) is 30.3 Å². The number of nitrogens with zero attached hydrogens (tertiary/aromatic N) is 1. The molecular formula is C12H22N2O3. The molecule has 5 heteroatoms. The summed E-state index contributed by atoms with van der Waals surface area (Å²) < 4.78 is 0. The van der Waals surface area contributed by atoms with E-state index in [1.54, 1.807) is 0 Å². The molecule has 0 saturated carbocycles. The monoisotopic (exact) mass is 242 g/mol. The van der Waals surface area contributed by atoms with Crippen LogP contribution in [-0.2, 0) is 9.59 Å². The molecule has 1 fully saturated rings. The third-order valence-corrected chi connectivity index (χ3v) is 3.14. The van der Waals surface area contributed by atoms with E-state index in [1.807, 2.05) is 20.8 Å². The average molecular weight is 242 g/mol. The van der Waals surface area contributed by atoms with Gasteiger partial charge in [0.2, 0.25) is 5.91 Å². The molecule has 17 heavy (non-hydrogen) atoms. The maximum Gasteiger partial charge on any atom is 0.303 e. The van der Waals surface area contributed by atoms with Gasteiger partial charge in [0.15, 0.2) is 0 Å². The van der Waals surface area contributed by atoms with Crippen molar-refractivity contribution in [2.24, 2.45) is 5.92 Å². The second-order valence-electron chi connectivity index (χ2n) is 5.09. The zero-order chi connectivity index (χ0) is 13.0. The van der Waals surface area contributed by atoms with Crippen LogP contribution in [0.15, 0.2) is 0 Å². The molecule has 2 N–H and O–H groups in total. The molecule has 0 aromatic carbocycles. The van der Waals surface area contributed by atoms with Crippen LogP contribution in [0.5, 0.6) is 0 Å². The highest BCUT2D eigenvalue weighted by molar-refractivity contribution is 5.81. The molecule has 1 rings (SSSR count). The van der Waals surface area contributed by atoms with E-state index in [0.29, 0.717) is 6.54 Å². The first-order valence-corrected chi connectivity index (χ1v) is 6.16. The Bertz CT molecular complexity index is 291. The average Bonchev–Trinajstić information content (AvgIpc) is 2.62. The Morgan fingerprint density at radius 3 is 2.59 bits per heavy atom. The molecule has 0 bridgehead atoms. The Morgan fingerprint density at radius 2 is 2.06 bits per heavy atom. The van der Waals surface area contributed by atoms with Crippen LogP contribution < -0.4 is 5.32 Å². The highest BCUT2D eigenvalue weighted by Crippen LogP contribution is 2.21. The van der Waals surface area contributed by atoms with Gasteiger partial charge in [-0.2, -0.15) is 0 Å². The highest BCUT2D eigenvalue weighted by Gasteiger charge is 2.30. The van der Waals surface area contributed by atoms with Crippen LogP contribution in [0.4, 0.5) is 0 Å². The Kier molecular flexibility index (Phi) is 4.93. The van der Waals surface area contributed by atoms with Gasteiger partial charge in [-0.3, -0.25) is 14.5 Å². The highest BCUT2D eigenvalue weighted by atomic mass is 16.4. The van der Waals surface area contributed by atoms with Crippen molar-refractivity contribution in [2.75, 3.05) is 13.1 Å². The number of aliphatic carboxylic acids is 1. The van der Waals surface area contributed by atoms with Crippen molar-refractivity contribution < 1.29 is 14.7 Å². The van der Waals surface area contributed by atoms with Gasteiger partial charge < -0.3 is 10.4 Å². The van der Waals surface area contributed by atoms with Crippen molar-refractivity contribution >= 4 is 11.9 Å². The molecule has 0 aliphatic carbocycles. The van der Waals surface area contributed by atoms with E-state index < -0.39 is 5.97 Å². The molecule has 2 atom stereocenters.